The second-order valence-corrected chi connectivity index (χ2v) is 21.7. The summed E-state index contributed by atoms with van der Waals surface area (Å²) in [4.78, 5) is 14.8. The van der Waals surface area contributed by atoms with Crippen molar-refractivity contribution >= 4 is 29.3 Å². The van der Waals surface area contributed by atoms with E-state index in [2.05, 4.69) is 103 Å². The van der Waals surface area contributed by atoms with Crippen molar-refractivity contribution in [3.63, 3.8) is 0 Å². The van der Waals surface area contributed by atoms with Gasteiger partial charge in [0.25, 0.3) is 0 Å². The molecule has 0 bridgehead atoms. The summed E-state index contributed by atoms with van der Waals surface area (Å²) >= 11 is 0. The maximum absolute atomic E-state index is 12.3. The molecule has 0 amide bonds. The summed E-state index contributed by atoms with van der Waals surface area (Å²) in [6.45, 7) is 32.3. The predicted octanol–water partition coefficient (Wildman–Crippen LogP) is 6.91. The highest BCUT2D eigenvalue weighted by Gasteiger charge is 2.53. The fraction of sp³-hybridized carbons (Fsp3) is 0.960. The zero-order valence-corrected chi connectivity index (χ0v) is 27.0. The van der Waals surface area contributed by atoms with Gasteiger partial charge in [0.15, 0.2) is 0 Å². The van der Waals surface area contributed by atoms with E-state index in [1.807, 2.05) is 0 Å². The first-order chi connectivity index (χ1) is 15.7. The fourth-order valence-electron chi connectivity index (χ4n) is 4.80. The summed E-state index contributed by atoms with van der Waals surface area (Å²) in [5.41, 5.74) is 2.31. The molecule has 0 aliphatic heterocycles. The molecule has 0 saturated heterocycles. The lowest BCUT2D eigenvalue weighted by Crippen LogP contribution is -2.42. The Morgan fingerprint density at radius 1 is 0.676 bits per heavy atom. The van der Waals surface area contributed by atoms with Crippen molar-refractivity contribution in [2.75, 3.05) is 39.3 Å². The van der Waals surface area contributed by atoms with Crippen LogP contribution < -0.4 is 15.3 Å². The molecule has 0 aromatic rings. The van der Waals surface area contributed by atoms with Gasteiger partial charge in [0.1, 0.15) is 0 Å². The van der Waals surface area contributed by atoms with Crippen LogP contribution in [0.2, 0.25) is 0 Å². The number of rotatable bonds is 19. The Hall–Kier alpha value is 0.600. The van der Waals surface area contributed by atoms with Crippen molar-refractivity contribution in [1.29, 1.82) is 0 Å². The monoisotopic (exact) mass is 539 g/mol. The van der Waals surface area contributed by atoms with E-state index in [1.54, 1.807) is 0 Å². The second kappa shape index (κ2) is 17.2. The molecule has 0 aromatic heterocycles. The lowest BCUT2D eigenvalue weighted by Gasteiger charge is -2.32. The van der Waals surface area contributed by atoms with Gasteiger partial charge in [-0.1, -0.05) is 55.4 Å². The van der Waals surface area contributed by atoms with Crippen molar-refractivity contribution in [2.24, 2.45) is 0 Å². The highest BCUT2D eigenvalue weighted by molar-refractivity contribution is 7.89. The van der Waals surface area contributed by atoms with Crippen molar-refractivity contribution in [1.82, 2.24) is 20.2 Å². The van der Waals surface area contributed by atoms with Crippen molar-refractivity contribution in [3.05, 3.63) is 0 Å². The number of hydrogen-bond acceptors (Lipinski definition) is 5. The van der Waals surface area contributed by atoms with E-state index in [4.69, 9.17) is 0 Å². The van der Waals surface area contributed by atoms with Crippen molar-refractivity contribution in [3.8, 4) is 0 Å². The molecule has 204 valence electrons. The molecule has 0 unspecified atom stereocenters. The zero-order chi connectivity index (χ0) is 26.6. The molecular formula is C25H58N4O2P3+. The molecule has 0 aliphatic carbocycles. The third kappa shape index (κ3) is 11.3. The van der Waals surface area contributed by atoms with E-state index < -0.39 is 13.1 Å². The fourth-order valence-corrected chi connectivity index (χ4v) is 12.8. The van der Waals surface area contributed by atoms with Crippen LogP contribution in [-0.4, -0.2) is 88.9 Å². The number of nitrogens with one attached hydrogen (secondary N) is 3. The minimum atomic E-state index is -2.29. The van der Waals surface area contributed by atoms with Crippen molar-refractivity contribution < 1.29 is 9.90 Å². The van der Waals surface area contributed by atoms with Gasteiger partial charge in [-0.05, 0) is 66.5 Å². The van der Waals surface area contributed by atoms with Crippen LogP contribution in [0.15, 0.2) is 0 Å². The smallest absolute Gasteiger partial charge is 0.450 e. The largest absolute Gasteiger partial charge is 0.466 e. The van der Waals surface area contributed by atoms with E-state index >= 15 is 0 Å². The van der Waals surface area contributed by atoms with E-state index in [9.17, 15) is 9.90 Å². The standard InChI is InChI=1S/C25H57N4O2P3/c1-19(2)32(20(3)4)26-13-16-29(17-14-27-33(21(5)6)22(7)8)18-15-28-34(23(9)10,24(11)12)25(30)31/h19-24,26-28H,13-18H2,1-12H3/p+1. The van der Waals surface area contributed by atoms with E-state index in [1.165, 1.54) is 0 Å². The molecule has 0 aliphatic rings. The zero-order valence-electron chi connectivity index (χ0n) is 24.4. The van der Waals surface area contributed by atoms with Gasteiger partial charge in [0.2, 0.25) is 7.41 Å². The minimum Gasteiger partial charge on any atom is -0.450 e. The maximum Gasteiger partial charge on any atom is 0.466 e. The molecule has 0 radical (unpaired) electrons. The van der Waals surface area contributed by atoms with Crippen LogP contribution in [0.3, 0.4) is 0 Å². The van der Waals surface area contributed by atoms with Crippen LogP contribution in [0.1, 0.15) is 83.1 Å². The van der Waals surface area contributed by atoms with Gasteiger partial charge >= 0.3 is 5.71 Å². The van der Waals surface area contributed by atoms with Gasteiger partial charge in [-0.15, -0.1) is 0 Å². The Morgan fingerprint density at radius 3 is 1.26 bits per heavy atom. The van der Waals surface area contributed by atoms with Crippen molar-refractivity contribution in [2.45, 2.75) is 117 Å². The average Bonchev–Trinajstić information content (AvgIpc) is 2.68. The number of carbonyl (C=O) groups is 1. The minimum absolute atomic E-state index is 0.128. The quantitative estimate of drug-likeness (QED) is 0.134. The molecule has 0 heterocycles. The lowest BCUT2D eigenvalue weighted by atomic mass is 10.4. The molecule has 6 nitrogen and oxygen atoms in total. The summed E-state index contributed by atoms with van der Waals surface area (Å²) in [5, 5.41) is 21.4. The molecule has 0 atom stereocenters. The van der Waals surface area contributed by atoms with E-state index in [-0.39, 0.29) is 27.5 Å². The van der Waals surface area contributed by atoms with E-state index in [0.29, 0.717) is 22.6 Å². The van der Waals surface area contributed by atoms with Crippen LogP contribution in [0.25, 0.3) is 0 Å². The second-order valence-electron chi connectivity index (χ2n) is 11.0. The summed E-state index contributed by atoms with van der Waals surface area (Å²) < 4.78 is 0. The Morgan fingerprint density at radius 2 is 1.00 bits per heavy atom. The van der Waals surface area contributed by atoms with Gasteiger partial charge in [-0.2, -0.15) is 5.09 Å². The normalized spacial score (nSPS) is 13.4. The Balaban J connectivity index is 5.19. The van der Waals surface area contributed by atoms with Crippen LogP contribution in [0.5, 0.6) is 0 Å². The SMILES string of the molecule is CC(C)P(NCCN(CCNP(C(C)C)C(C)C)CCN[P+](C(=O)O)(C(C)C)C(C)C)C(C)C. The Labute approximate surface area is 215 Å². The van der Waals surface area contributed by atoms with Crippen LogP contribution >= 0.6 is 23.6 Å². The maximum atomic E-state index is 12.3. The molecule has 4 N–H and O–H groups in total. The summed E-state index contributed by atoms with van der Waals surface area (Å²) in [5.74, 6) is 0. The molecule has 0 fully saturated rings. The summed E-state index contributed by atoms with van der Waals surface area (Å²) in [6.07, 6.45) is 0. The van der Waals surface area contributed by atoms with Crippen LogP contribution in [0.4, 0.5) is 4.79 Å². The third-order valence-electron chi connectivity index (χ3n) is 6.42. The molecular weight excluding hydrogens is 481 g/mol. The molecule has 0 spiro atoms. The first-order valence-corrected chi connectivity index (χ1v) is 18.2. The van der Waals surface area contributed by atoms with Gasteiger partial charge in [-0.25, -0.2) is 4.79 Å². The predicted molar refractivity (Wildman–Crippen MR) is 160 cm³/mol. The highest BCUT2D eigenvalue weighted by Crippen LogP contribution is 2.63. The molecule has 0 saturated carbocycles. The molecule has 0 aromatic carbocycles. The number of hydrogen-bond donors (Lipinski definition) is 4. The van der Waals surface area contributed by atoms with Crippen LogP contribution in [-0.2, 0) is 0 Å². The Kier molecular flexibility index (Phi) is 17.5. The van der Waals surface area contributed by atoms with E-state index in [0.717, 1.165) is 39.3 Å². The summed E-state index contributed by atoms with van der Waals surface area (Å²) in [6, 6.07) is 0. The van der Waals surface area contributed by atoms with Gasteiger partial charge in [0.05, 0.1) is 11.3 Å². The van der Waals surface area contributed by atoms with Gasteiger partial charge in [0, 0.05) is 39.3 Å². The molecule has 34 heavy (non-hydrogen) atoms. The Bertz CT molecular complexity index is 510. The summed E-state index contributed by atoms with van der Waals surface area (Å²) in [7, 11) is -2.66. The van der Waals surface area contributed by atoms with Gasteiger partial charge < -0.3 is 5.11 Å². The topological polar surface area (TPSA) is 76.6 Å². The molecule has 0 rings (SSSR count). The first-order valence-electron chi connectivity index (χ1n) is 13.3. The third-order valence-corrected chi connectivity index (χ3v) is 16.7. The van der Waals surface area contributed by atoms with Gasteiger partial charge in [-0.3, -0.25) is 15.1 Å². The molecule has 9 heteroatoms. The van der Waals surface area contributed by atoms with Crippen LogP contribution in [0, 0.1) is 0 Å². The first kappa shape index (κ1) is 34.6. The number of carboxylic acid groups (broad SMARTS) is 1. The number of nitrogens with zero attached hydrogens (tertiary/aromatic N) is 1. The highest BCUT2D eigenvalue weighted by atomic mass is 31.2. The average molecular weight is 540 g/mol. The lowest BCUT2D eigenvalue weighted by molar-refractivity contribution is 0.219.